The molecule has 6 nitrogen and oxygen atoms in total. The number of nitriles is 1. The van der Waals surface area contributed by atoms with E-state index in [0.717, 1.165) is 11.1 Å². The lowest BCUT2D eigenvalue weighted by Crippen LogP contribution is -2.16. The van der Waals surface area contributed by atoms with Gasteiger partial charge in [0.1, 0.15) is 17.4 Å². The Morgan fingerprint density at radius 1 is 1.52 bits per heavy atom. The molecule has 1 aromatic heterocycles. The molecule has 0 fully saturated rings. The van der Waals surface area contributed by atoms with E-state index >= 15 is 0 Å². The van der Waals surface area contributed by atoms with E-state index in [9.17, 15) is 10.1 Å². The van der Waals surface area contributed by atoms with Gasteiger partial charge in [-0.3, -0.25) is 4.79 Å². The van der Waals surface area contributed by atoms with Crippen LogP contribution in [0.3, 0.4) is 0 Å². The van der Waals surface area contributed by atoms with Crippen molar-refractivity contribution in [2.45, 2.75) is 17.6 Å². The summed E-state index contributed by atoms with van der Waals surface area (Å²) < 4.78 is 10.8. The van der Waals surface area contributed by atoms with E-state index in [1.54, 1.807) is 12.3 Å². The maximum absolute atomic E-state index is 12.1. The average Bonchev–Trinajstić information content (AvgIpc) is 2.59. The van der Waals surface area contributed by atoms with Gasteiger partial charge in [-0.2, -0.15) is 5.26 Å². The molecule has 1 aliphatic rings. The Bertz CT molecular complexity index is 843. The number of rotatable bonds is 3. The molecule has 0 radical (unpaired) electrons. The number of H-pyrrole nitrogens is 1. The van der Waals surface area contributed by atoms with E-state index in [1.165, 1.54) is 11.8 Å². The highest BCUT2D eigenvalue weighted by atomic mass is 35.5. The van der Waals surface area contributed by atoms with Gasteiger partial charge in [-0.15, -0.1) is 11.6 Å². The van der Waals surface area contributed by atoms with E-state index in [1.807, 2.05) is 12.1 Å². The first-order valence-electron chi connectivity index (χ1n) is 6.69. The summed E-state index contributed by atoms with van der Waals surface area (Å²) in [6.45, 7) is 0.563. The van der Waals surface area contributed by atoms with Crippen LogP contribution in [-0.4, -0.2) is 23.0 Å². The zero-order valence-electron chi connectivity index (χ0n) is 12.2. The van der Waals surface area contributed by atoms with Gasteiger partial charge in [-0.25, -0.2) is 4.98 Å². The maximum atomic E-state index is 12.1. The minimum Gasteiger partial charge on any atom is -0.467 e. The Labute approximate surface area is 141 Å². The first kappa shape index (κ1) is 15.9. The lowest BCUT2D eigenvalue weighted by Gasteiger charge is -2.21. The van der Waals surface area contributed by atoms with Gasteiger partial charge < -0.3 is 14.5 Å². The number of halogens is 1. The molecule has 0 amide bonds. The number of fused-ring (bicyclic) bond motifs is 1. The van der Waals surface area contributed by atoms with Crippen LogP contribution in [0.2, 0.25) is 0 Å². The molecule has 0 atom stereocenters. The van der Waals surface area contributed by atoms with E-state index in [4.69, 9.17) is 21.1 Å². The van der Waals surface area contributed by atoms with Crippen molar-refractivity contribution in [3.63, 3.8) is 0 Å². The maximum Gasteiger partial charge on any atom is 0.270 e. The summed E-state index contributed by atoms with van der Waals surface area (Å²) in [5.74, 6) is 0.944. The normalized spacial score (nSPS) is 13.1. The average molecular weight is 350 g/mol. The zero-order chi connectivity index (χ0) is 16.4. The topological polar surface area (TPSA) is 88.0 Å². The molecule has 8 heteroatoms. The highest BCUT2D eigenvalue weighted by Crippen LogP contribution is 2.34. The molecule has 118 valence electrons. The highest BCUT2D eigenvalue weighted by molar-refractivity contribution is 7.98. The number of hydrogen-bond donors (Lipinski definition) is 1. The third-order valence-electron chi connectivity index (χ3n) is 3.41. The summed E-state index contributed by atoms with van der Waals surface area (Å²) in [5.41, 5.74) is 2.09. The van der Waals surface area contributed by atoms with Crippen molar-refractivity contribution in [1.82, 2.24) is 9.97 Å². The van der Waals surface area contributed by atoms with Crippen molar-refractivity contribution in [3.05, 3.63) is 39.2 Å². The van der Waals surface area contributed by atoms with Crippen LogP contribution in [0.25, 0.3) is 11.3 Å². The largest absolute Gasteiger partial charge is 0.467 e. The molecule has 2 aromatic rings. The van der Waals surface area contributed by atoms with Gasteiger partial charge in [0.05, 0.1) is 18.2 Å². The number of alkyl halides is 1. The van der Waals surface area contributed by atoms with Crippen LogP contribution in [-0.2, 0) is 17.2 Å². The van der Waals surface area contributed by atoms with E-state index in [0.29, 0.717) is 28.8 Å². The Morgan fingerprint density at radius 2 is 2.35 bits per heavy atom. The van der Waals surface area contributed by atoms with Crippen molar-refractivity contribution in [2.24, 2.45) is 0 Å². The number of nitrogens with one attached hydrogen (secondary N) is 1. The van der Waals surface area contributed by atoms with Crippen LogP contribution in [0.15, 0.2) is 22.1 Å². The van der Waals surface area contributed by atoms with Crippen molar-refractivity contribution in [1.29, 1.82) is 5.26 Å². The number of hydrogen-bond acceptors (Lipinski definition) is 6. The highest BCUT2D eigenvalue weighted by Gasteiger charge is 2.20. The van der Waals surface area contributed by atoms with Crippen LogP contribution < -0.4 is 10.3 Å². The van der Waals surface area contributed by atoms with Gasteiger partial charge in [0.15, 0.2) is 11.9 Å². The van der Waals surface area contributed by atoms with Crippen molar-refractivity contribution in [2.75, 3.05) is 13.0 Å². The molecule has 3 rings (SSSR count). The van der Waals surface area contributed by atoms with Crippen molar-refractivity contribution < 1.29 is 9.47 Å². The van der Waals surface area contributed by atoms with Gasteiger partial charge in [-0.05, 0) is 18.4 Å². The number of aromatic amines is 1. The summed E-state index contributed by atoms with van der Waals surface area (Å²) in [5, 5.41) is 9.74. The zero-order valence-corrected chi connectivity index (χ0v) is 13.8. The number of benzene rings is 1. The van der Waals surface area contributed by atoms with Crippen molar-refractivity contribution >= 4 is 23.4 Å². The fraction of sp³-hybridized carbons (Fsp3) is 0.267. The smallest absolute Gasteiger partial charge is 0.270 e. The second-order valence-electron chi connectivity index (χ2n) is 4.78. The molecule has 0 saturated heterocycles. The standard InChI is InChI=1S/C15H12ClN3O3S/c1-23-15-18-12(11(5-17)14(20)19-15)8-2-9(4-16)13-10(3-8)6-21-7-22-13/h2-3H,4,6-7H2,1H3,(H,18,19,20). The van der Waals surface area contributed by atoms with E-state index < -0.39 is 5.56 Å². The van der Waals surface area contributed by atoms with E-state index in [2.05, 4.69) is 9.97 Å². The molecule has 2 heterocycles. The summed E-state index contributed by atoms with van der Waals surface area (Å²) in [4.78, 5) is 19.0. The fourth-order valence-electron chi connectivity index (χ4n) is 2.40. The van der Waals surface area contributed by atoms with Gasteiger partial charge in [0.25, 0.3) is 5.56 Å². The Morgan fingerprint density at radius 3 is 3.04 bits per heavy atom. The first-order chi connectivity index (χ1) is 11.2. The molecule has 0 saturated carbocycles. The van der Waals surface area contributed by atoms with Crippen LogP contribution >= 0.6 is 23.4 Å². The second-order valence-corrected chi connectivity index (χ2v) is 5.84. The lowest BCUT2D eigenvalue weighted by atomic mass is 10.0. The number of aromatic nitrogens is 2. The molecule has 0 unspecified atom stereocenters. The van der Waals surface area contributed by atoms with Crippen LogP contribution in [0, 0.1) is 11.3 Å². The molecule has 0 spiro atoms. The Kier molecular flexibility index (Phi) is 4.57. The molecular weight excluding hydrogens is 338 g/mol. The van der Waals surface area contributed by atoms with Gasteiger partial charge in [-0.1, -0.05) is 11.8 Å². The predicted molar refractivity (Wildman–Crippen MR) is 86.6 cm³/mol. The third-order valence-corrected chi connectivity index (χ3v) is 4.28. The summed E-state index contributed by atoms with van der Waals surface area (Å²) in [7, 11) is 0. The molecule has 23 heavy (non-hydrogen) atoms. The Hall–Kier alpha value is -2.01. The van der Waals surface area contributed by atoms with E-state index in [-0.39, 0.29) is 18.2 Å². The molecular formula is C15H12ClN3O3S. The lowest BCUT2D eigenvalue weighted by molar-refractivity contribution is -0.0168. The molecule has 0 bridgehead atoms. The van der Waals surface area contributed by atoms with Crippen LogP contribution in [0.4, 0.5) is 0 Å². The van der Waals surface area contributed by atoms with Gasteiger partial charge in [0, 0.05) is 16.7 Å². The second kappa shape index (κ2) is 6.62. The summed E-state index contributed by atoms with van der Waals surface area (Å²) in [6, 6.07) is 5.53. The van der Waals surface area contributed by atoms with Crippen LogP contribution in [0.5, 0.6) is 5.75 Å². The number of nitrogens with zero attached hydrogens (tertiary/aromatic N) is 2. The first-order valence-corrected chi connectivity index (χ1v) is 8.45. The van der Waals surface area contributed by atoms with Gasteiger partial charge in [0.2, 0.25) is 0 Å². The molecule has 1 N–H and O–H groups in total. The minimum absolute atomic E-state index is 0.0269. The molecule has 1 aliphatic heterocycles. The summed E-state index contributed by atoms with van der Waals surface area (Å²) >= 11 is 7.31. The summed E-state index contributed by atoms with van der Waals surface area (Å²) in [6.07, 6.45) is 1.80. The minimum atomic E-state index is -0.459. The van der Waals surface area contributed by atoms with Crippen LogP contribution in [0.1, 0.15) is 16.7 Å². The quantitative estimate of drug-likeness (QED) is 0.520. The number of ether oxygens (including phenoxy) is 2. The third kappa shape index (κ3) is 2.93. The molecule has 0 aliphatic carbocycles. The predicted octanol–water partition coefficient (Wildman–Crippen LogP) is 2.64. The number of thioether (sulfide) groups is 1. The molecule has 1 aromatic carbocycles. The monoisotopic (exact) mass is 349 g/mol. The Balaban J connectivity index is 2.25. The SMILES string of the molecule is CSc1nc(-c2cc(CCl)c3c(c2)COCO3)c(C#N)c(=O)[nH]1. The fourth-order valence-corrected chi connectivity index (χ4v) is 2.97. The van der Waals surface area contributed by atoms with Crippen molar-refractivity contribution in [3.8, 4) is 23.1 Å². The van der Waals surface area contributed by atoms with Gasteiger partial charge >= 0.3 is 0 Å².